The molecule has 0 amide bonds. The maximum atomic E-state index is 13.4. The molecule has 0 N–H and O–H groups in total. The van der Waals surface area contributed by atoms with Crippen molar-refractivity contribution in [3.63, 3.8) is 0 Å². The average Bonchev–Trinajstić information content (AvgIpc) is 1.51. The van der Waals surface area contributed by atoms with Crippen molar-refractivity contribution in [2.24, 2.45) is 9.98 Å². The summed E-state index contributed by atoms with van der Waals surface area (Å²) in [5, 5.41) is 1.70. The van der Waals surface area contributed by atoms with Crippen molar-refractivity contribution in [1.82, 2.24) is 19.9 Å². The zero-order chi connectivity index (χ0) is 83.2. The minimum atomic E-state index is -4.51. The van der Waals surface area contributed by atoms with E-state index >= 15 is 0 Å². The van der Waals surface area contributed by atoms with Gasteiger partial charge in [0, 0.05) is 59.5 Å². The molecular weight excluding hydrogens is 1510 g/mol. The SMILES string of the molecule is C=Cc1ccc(C(F)(F)F)c(/C=C/c2cccc(-c3ccc4nc(C)oc4c3)c2C)c1.Cc1c(/C=C/c2cc(C=O)ccc2C(F)(F)F)cccc1-c1ccc2c(c1)=NC(C)N=2.Cc1c(/C=C/c2cc(C=O)ccc2C(F)(F)F)cccc1-c1cccnc1.Cc1c(/C=C/c2cc(C=O)ccc2C(F)(F)F)cccc1-c1cnccn1. The number of carbonyl (C=O) groups excluding carboxylic acids is 3. The predicted molar refractivity (Wildman–Crippen MR) is 432 cm³/mol. The molecule has 1 aliphatic rings. The molecule has 1 aliphatic heterocycles. The summed E-state index contributed by atoms with van der Waals surface area (Å²) >= 11 is 0. The van der Waals surface area contributed by atoms with E-state index in [2.05, 4.69) is 36.5 Å². The van der Waals surface area contributed by atoms with Gasteiger partial charge in [-0.3, -0.25) is 39.3 Å². The number of halogens is 12. The number of benzene rings is 10. The van der Waals surface area contributed by atoms with Crippen molar-refractivity contribution in [2.45, 2.75) is 72.4 Å². The van der Waals surface area contributed by atoms with E-state index in [4.69, 9.17) is 4.42 Å². The summed E-state index contributed by atoms with van der Waals surface area (Å²) in [5.41, 5.74) is 13.8. The lowest BCUT2D eigenvalue weighted by Crippen LogP contribution is -2.20. The van der Waals surface area contributed by atoms with Gasteiger partial charge in [0.2, 0.25) is 0 Å². The minimum absolute atomic E-state index is 0.0433. The fraction of sp³-hybridized carbons (Fsp3) is 0.117. The Hall–Kier alpha value is -13.6. The summed E-state index contributed by atoms with van der Waals surface area (Å²) in [6, 6.07) is 52.0. The number of hydrogen-bond acceptors (Lipinski definition) is 10. The zero-order valence-corrected chi connectivity index (χ0v) is 62.9. The molecule has 0 spiro atoms. The third-order valence-electron chi connectivity index (χ3n) is 19.0. The molecule has 0 saturated heterocycles. The van der Waals surface area contributed by atoms with E-state index in [0.29, 0.717) is 41.6 Å². The van der Waals surface area contributed by atoms with Gasteiger partial charge < -0.3 is 4.42 Å². The molecule has 13 aromatic rings. The molecule has 116 heavy (non-hydrogen) atoms. The van der Waals surface area contributed by atoms with Gasteiger partial charge in [-0.05, 0) is 214 Å². The summed E-state index contributed by atoms with van der Waals surface area (Å²) in [6.07, 6.45) is 5.59. The summed E-state index contributed by atoms with van der Waals surface area (Å²) in [4.78, 5) is 58.6. The van der Waals surface area contributed by atoms with Gasteiger partial charge in [0.15, 0.2) is 11.5 Å². The summed E-state index contributed by atoms with van der Waals surface area (Å²) < 4.78 is 165. The van der Waals surface area contributed by atoms with E-state index in [0.717, 1.165) is 130 Å². The molecule has 584 valence electrons. The van der Waals surface area contributed by atoms with Crippen molar-refractivity contribution in [2.75, 3.05) is 0 Å². The highest BCUT2D eigenvalue weighted by Gasteiger charge is 2.36. The quantitative estimate of drug-likeness (QED) is 0.0529. The lowest BCUT2D eigenvalue weighted by atomic mass is 9.95. The Morgan fingerprint density at radius 1 is 0.362 bits per heavy atom. The van der Waals surface area contributed by atoms with E-state index in [9.17, 15) is 67.1 Å². The van der Waals surface area contributed by atoms with E-state index in [1.54, 1.807) is 62.2 Å². The molecule has 0 saturated carbocycles. The molecule has 22 heteroatoms. The summed E-state index contributed by atoms with van der Waals surface area (Å²) in [7, 11) is 0. The molecule has 3 aromatic heterocycles. The van der Waals surface area contributed by atoms with Crippen molar-refractivity contribution >= 4 is 84.6 Å². The highest BCUT2D eigenvalue weighted by molar-refractivity contribution is 5.87. The van der Waals surface area contributed by atoms with Crippen LogP contribution >= 0.6 is 0 Å². The highest BCUT2D eigenvalue weighted by Crippen LogP contribution is 2.40. The van der Waals surface area contributed by atoms with Gasteiger partial charge in [0.05, 0.1) is 44.9 Å². The van der Waals surface area contributed by atoms with E-state index in [1.807, 2.05) is 156 Å². The number of aryl methyl sites for hydroxylation is 1. The number of nitrogens with zero attached hydrogens (tertiary/aromatic N) is 6. The molecule has 1 unspecified atom stereocenters. The predicted octanol–water partition coefficient (Wildman–Crippen LogP) is 24.7. The normalized spacial score (nSPS) is 12.8. The second-order valence-electron chi connectivity index (χ2n) is 26.7. The van der Waals surface area contributed by atoms with Crippen molar-refractivity contribution in [1.29, 1.82) is 0 Å². The van der Waals surface area contributed by atoms with Gasteiger partial charge in [-0.25, -0.2) is 4.98 Å². The second kappa shape index (κ2) is 36.0. The Kier molecular flexibility index (Phi) is 25.9. The van der Waals surface area contributed by atoms with Crippen LogP contribution in [0.25, 0.3) is 110 Å². The van der Waals surface area contributed by atoms with E-state index in [-0.39, 0.29) is 45.1 Å². The number of rotatable bonds is 16. The molecule has 10 aromatic carbocycles. The van der Waals surface area contributed by atoms with Crippen LogP contribution in [0.2, 0.25) is 0 Å². The van der Waals surface area contributed by atoms with Crippen LogP contribution in [-0.2, 0) is 24.7 Å². The zero-order valence-electron chi connectivity index (χ0n) is 62.9. The molecule has 0 aliphatic carbocycles. The first-order valence-electron chi connectivity index (χ1n) is 35.9. The number of aromatic nitrogens is 4. The van der Waals surface area contributed by atoms with Crippen LogP contribution in [-0.4, -0.2) is 45.0 Å². The topological polar surface area (TPSA) is 141 Å². The molecule has 0 fully saturated rings. The fourth-order valence-corrected chi connectivity index (χ4v) is 13.0. The Bertz CT molecular complexity index is 5930. The molecule has 1 atom stereocenters. The minimum Gasteiger partial charge on any atom is -0.441 e. The molecule has 4 heterocycles. The summed E-state index contributed by atoms with van der Waals surface area (Å²) in [5.74, 6) is 0.600. The first-order chi connectivity index (χ1) is 55.3. The average molecular weight is 1580 g/mol. The third-order valence-corrected chi connectivity index (χ3v) is 19.0. The van der Waals surface area contributed by atoms with E-state index < -0.39 is 47.0 Å². The van der Waals surface area contributed by atoms with Gasteiger partial charge in [0.1, 0.15) is 30.5 Å². The number of alkyl halides is 12. The first-order valence-corrected chi connectivity index (χ1v) is 35.9. The van der Waals surface area contributed by atoms with Crippen LogP contribution in [0, 0.1) is 34.6 Å². The van der Waals surface area contributed by atoms with Crippen LogP contribution in [0.3, 0.4) is 0 Å². The third kappa shape index (κ3) is 20.4. The second-order valence-corrected chi connectivity index (χ2v) is 26.7. The number of fused-ring (bicyclic) bond motifs is 2. The van der Waals surface area contributed by atoms with Crippen LogP contribution in [0.4, 0.5) is 52.7 Å². The molecular formula is C94H70F12N6O4. The van der Waals surface area contributed by atoms with E-state index in [1.165, 1.54) is 72.8 Å². The lowest BCUT2D eigenvalue weighted by Gasteiger charge is -2.12. The number of pyridine rings is 1. The van der Waals surface area contributed by atoms with Crippen LogP contribution in [0.5, 0.6) is 0 Å². The molecule has 14 rings (SSSR count). The Morgan fingerprint density at radius 3 is 1.15 bits per heavy atom. The van der Waals surface area contributed by atoms with Gasteiger partial charge >= 0.3 is 24.7 Å². The largest absolute Gasteiger partial charge is 0.441 e. The smallest absolute Gasteiger partial charge is 0.416 e. The maximum absolute atomic E-state index is 13.4. The van der Waals surface area contributed by atoms with Gasteiger partial charge in [-0.1, -0.05) is 177 Å². The molecule has 0 radical (unpaired) electrons. The highest BCUT2D eigenvalue weighted by atomic mass is 19.4. The van der Waals surface area contributed by atoms with Crippen LogP contribution < -0.4 is 10.7 Å². The molecule has 10 nitrogen and oxygen atoms in total. The van der Waals surface area contributed by atoms with Crippen LogP contribution in [0.1, 0.15) is 138 Å². The number of hydrogen-bond donors (Lipinski definition) is 0. The standard InChI is InChI=1S/C26H20F3NO.C25H19F3N2O.C22H16F3NO.C21H15F3N2O/c1-4-18-8-12-23(26(27,28)29)21(14-18)10-9-19-6-5-7-22(16(19)2)20-11-13-24-25(15-20)31-17(3)30-24;1-15-18(7-8-20-12-17(14-31)6-10-22(20)25(26,27)28)4-3-5-21(15)19-9-11-23-24(13-19)30-16(2)29-23;1-15-17(4-2-6-20(15)19-5-3-11-26-13-19)8-9-18-12-16(14-27)7-10-21(18)22(23,24)25;1-14-16(3-2-4-18(14)20-12-25-9-10-26-20)6-7-17-11-15(13-27)5-8-19(17)21(22,23)24/h4-15H,1H2,2-3H3;3-14,16H,1-2H3;2-14H,1H3;2-13H,1H3/b10-9+;8-7+;9-8+;7-6+. The summed E-state index contributed by atoms with van der Waals surface area (Å²) in [6.45, 7) is 15.0. The molecule has 0 bridgehead atoms. The lowest BCUT2D eigenvalue weighted by molar-refractivity contribution is -0.138. The number of carbonyl (C=O) groups is 3. The Labute approximate surface area is 659 Å². The van der Waals surface area contributed by atoms with Gasteiger partial charge in [-0.2, -0.15) is 52.7 Å². The van der Waals surface area contributed by atoms with Gasteiger partial charge in [-0.15, -0.1) is 0 Å². The van der Waals surface area contributed by atoms with Crippen molar-refractivity contribution < 1.29 is 71.5 Å². The fourth-order valence-electron chi connectivity index (χ4n) is 13.0. The first kappa shape index (κ1) is 83.3. The van der Waals surface area contributed by atoms with Gasteiger partial charge in [0.25, 0.3) is 0 Å². The monoisotopic (exact) mass is 1570 g/mol. The maximum Gasteiger partial charge on any atom is 0.416 e. The van der Waals surface area contributed by atoms with Crippen molar-refractivity contribution in [3.8, 4) is 44.6 Å². The number of oxazole rings is 1. The van der Waals surface area contributed by atoms with Crippen LogP contribution in [0.15, 0.2) is 246 Å². The Morgan fingerprint density at radius 2 is 0.741 bits per heavy atom. The van der Waals surface area contributed by atoms with Crippen molar-refractivity contribution in [3.05, 3.63) is 360 Å². The Balaban J connectivity index is 0.000000152. The number of aldehydes is 3.